The highest BCUT2D eigenvalue weighted by Crippen LogP contribution is 2.19. The molecule has 1 atom stereocenters. The lowest BCUT2D eigenvalue weighted by Gasteiger charge is -2.19. The first-order chi connectivity index (χ1) is 11.9. The molecule has 26 heavy (non-hydrogen) atoms. The second-order valence-corrected chi connectivity index (χ2v) is 6.40. The van der Waals surface area contributed by atoms with Crippen molar-refractivity contribution >= 4 is 29.9 Å². The zero-order valence-corrected chi connectivity index (χ0v) is 17.6. The quantitative estimate of drug-likeness (QED) is 0.370. The summed E-state index contributed by atoms with van der Waals surface area (Å²) >= 11 is 0. The van der Waals surface area contributed by atoms with Crippen LogP contribution in [0.25, 0.3) is 0 Å². The van der Waals surface area contributed by atoms with Crippen LogP contribution >= 0.6 is 24.0 Å². The van der Waals surface area contributed by atoms with Gasteiger partial charge in [0.1, 0.15) is 0 Å². The average Bonchev–Trinajstić information content (AvgIpc) is 2.99. The number of aryl methyl sites for hydroxylation is 1. The molecule has 2 rings (SSSR count). The lowest BCUT2D eigenvalue weighted by molar-refractivity contribution is -0.143. The number of likely N-dealkylation sites (tertiary alicyclic amines) is 1. The Balaban J connectivity index is 0.00000338. The Kier molecular flexibility index (Phi) is 9.70. The van der Waals surface area contributed by atoms with E-state index in [1.54, 1.807) is 7.05 Å². The monoisotopic (exact) mass is 484 g/mol. The Labute approximate surface area is 170 Å². The van der Waals surface area contributed by atoms with E-state index >= 15 is 0 Å². The summed E-state index contributed by atoms with van der Waals surface area (Å²) < 4.78 is 37.3. The number of nitrogens with zero attached hydrogens (tertiary/aromatic N) is 2. The molecule has 0 aliphatic carbocycles. The molecule has 1 fully saturated rings. The number of aliphatic imine (C=N–C) groups is 1. The maximum absolute atomic E-state index is 12.4. The van der Waals surface area contributed by atoms with Crippen LogP contribution in [0.4, 0.5) is 13.2 Å². The van der Waals surface area contributed by atoms with Crippen LogP contribution in [0.3, 0.4) is 0 Å². The van der Waals surface area contributed by atoms with Gasteiger partial charge in [0, 0.05) is 32.7 Å². The summed E-state index contributed by atoms with van der Waals surface area (Å²) in [5.74, 6) is 0.643. The molecule has 1 saturated heterocycles. The molecular formula is C18H28F3IN4. The van der Waals surface area contributed by atoms with Crippen molar-refractivity contribution in [3.8, 4) is 0 Å². The number of guanidine groups is 1. The lowest BCUT2D eigenvalue weighted by Crippen LogP contribution is -2.45. The van der Waals surface area contributed by atoms with Crippen molar-refractivity contribution < 1.29 is 13.2 Å². The van der Waals surface area contributed by atoms with Crippen LogP contribution in [0, 0.1) is 0 Å². The zero-order valence-electron chi connectivity index (χ0n) is 15.3. The lowest BCUT2D eigenvalue weighted by atomic mass is 10.1. The van der Waals surface area contributed by atoms with E-state index < -0.39 is 12.7 Å². The minimum atomic E-state index is -4.14. The highest BCUT2D eigenvalue weighted by Gasteiger charge is 2.34. The number of hydrogen-bond acceptors (Lipinski definition) is 2. The van der Waals surface area contributed by atoms with Crippen molar-refractivity contribution in [2.24, 2.45) is 4.99 Å². The van der Waals surface area contributed by atoms with Crippen molar-refractivity contribution in [1.29, 1.82) is 0 Å². The van der Waals surface area contributed by atoms with Crippen LogP contribution in [0.5, 0.6) is 0 Å². The van der Waals surface area contributed by atoms with Gasteiger partial charge in [0.15, 0.2) is 5.96 Å². The highest BCUT2D eigenvalue weighted by atomic mass is 127. The van der Waals surface area contributed by atoms with Gasteiger partial charge >= 0.3 is 6.18 Å². The molecule has 2 N–H and O–H groups in total. The van der Waals surface area contributed by atoms with Crippen molar-refractivity contribution in [3.63, 3.8) is 0 Å². The molecule has 1 aromatic rings. The van der Waals surface area contributed by atoms with Gasteiger partial charge < -0.3 is 10.6 Å². The molecule has 0 aromatic heterocycles. The third-order valence-corrected chi connectivity index (χ3v) is 4.38. The molecule has 1 heterocycles. The highest BCUT2D eigenvalue weighted by molar-refractivity contribution is 14.0. The summed E-state index contributed by atoms with van der Waals surface area (Å²) in [6.45, 7) is 2.86. The summed E-state index contributed by atoms with van der Waals surface area (Å²) in [7, 11) is 1.67. The summed E-state index contributed by atoms with van der Waals surface area (Å²) in [4.78, 5) is 5.59. The van der Waals surface area contributed by atoms with Gasteiger partial charge in [0.2, 0.25) is 0 Å². The Morgan fingerprint density at radius 2 is 1.88 bits per heavy atom. The van der Waals surface area contributed by atoms with Crippen LogP contribution in [-0.4, -0.2) is 56.3 Å². The van der Waals surface area contributed by atoms with Gasteiger partial charge in [-0.3, -0.25) is 9.89 Å². The van der Waals surface area contributed by atoms with Gasteiger partial charge in [-0.1, -0.05) is 31.2 Å². The van der Waals surface area contributed by atoms with E-state index in [2.05, 4.69) is 46.8 Å². The van der Waals surface area contributed by atoms with Crippen LogP contribution in [0.2, 0.25) is 0 Å². The normalized spacial score (nSPS) is 18.5. The van der Waals surface area contributed by atoms with Crippen molar-refractivity contribution in [3.05, 3.63) is 35.4 Å². The molecule has 0 amide bonds. The molecule has 0 spiro atoms. The third kappa shape index (κ3) is 8.11. The fourth-order valence-corrected chi connectivity index (χ4v) is 3.00. The third-order valence-electron chi connectivity index (χ3n) is 4.38. The molecule has 8 heteroatoms. The molecule has 1 aliphatic rings. The van der Waals surface area contributed by atoms with Crippen LogP contribution in [-0.2, 0) is 12.8 Å². The molecule has 0 saturated carbocycles. The maximum Gasteiger partial charge on any atom is 0.401 e. The second kappa shape index (κ2) is 11.0. The van der Waals surface area contributed by atoms with Crippen LogP contribution in [0.15, 0.2) is 29.3 Å². The predicted molar refractivity (Wildman–Crippen MR) is 110 cm³/mol. The van der Waals surface area contributed by atoms with E-state index in [4.69, 9.17) is 0 Å². The van der Waals surface area contributed by atoms with E-state index in [1.807, 2.05) is 0 Å². The van der Waals surface area contributed by atoms with E-state index in [0.29, 0.717) is 25.5 Å². The Bertz CT molecular complexity index is 561. The first kappa shape index (κ1) is 23.0. The Morgan fingerprint density at radius 1 is 1.23 bits per heavy atom. The van der Waals surface area contributed by atoms with Gasteiger partial charge in [-0.05, 0) is 30.4 Å². The van der Waals surface area contributed by atoms with E-state index in [0.717, 1.165) is 19.4 Å². The van der Waals surface area contributed by atoms with Gasteiger partial charge in [-0.25, -0.2) is 0 Å². The van der Waals surface area contributed by atoms with Gasteiger partial charge in [0.05, 0.1) is 6.54 Å². The first-order valence-corrected chi connectivity index (χ1v) is 8.73. The SMILES string of the molecule is CCc1ccc(CCNC(=NC)NC2CCN(CC(F)(F)F)C2)cc1.I. The smallest absolute Gasteiger partial charge is 0.356 e. The zero-order chi connectivity index (χ0) is 18.3. The number of nitrogens with one attached hydrogen (secondary N) is 2. The first-order valence-electron chi connectivity index (χ1n) is 8.73. The minimum absolute atomic E-state index is 0. The number of hydrogen-bond donors (Lipinski definition) is 2. The molecule has 1 aromatic carbocycles. The van der Waals surface area contributed by atoms with Crippen molar-refractivity contribution in [2.45, 2.75) is 38.4 Å². The molecule has 148 valence electrons. The number of alkyl halides is 3. The van der Waals surface area contributed by atoms with E-state index in [-0.39, 0.29) is 30.0 Å². The number of benzene rings is 1. The van der Waals surface area contributed by atoms with Crippen molar-refractivity contribution in [1.82, 2.24) is 15.5 Å². The van der Waals surface area contributed by atoms with Gasteiger partial charge in [-0.2, -0.15) is 13.2 Å². The maximum atomic E-state index is 12.4. The second-order valence-electron chi connectivity index (χ2n) is 6.40. The fraction of sp³-hybridized carbons (Fsp3) is 0.611. The Hall–Kier alpha value is -1.03. The molecule has 0 radical (unpaired) electrons. The molecule has 4 nitrogen and oxygen atoms in total. The van der Waals surface area contributed by atoms with Gasteiger partial charge in [0.25, 0.3) is 0 Å². The predicted octanol–water partition coefficient (Wildman–Crippen LogP) is 3.21. The Morgan fingerprint density at radius 3 is 2.46 bits per heavy atom. The van der Waals surface area contributed by atoms with Crippen molar-refractivity contribution in [2.75, 3.05) is 33.2 Å². The van der Waals surface area contributed by atoms with E-state index in [1.165, 1.54) is 16.0 Å². The molecule has 0 bridgehead atoms. The summed E-state index contributed by atoms with van der Waals surface area (Å²) in [6, 6.07) is 8.52. The minimum Gasteiger partial charge on any atom is -0.356 e. The summed E-state index contributed by atoms with van der Waals surface area (Å²) in [5.41, 5.74) is 2.57. The molecule has 1 aliphatic heterocycles. The fourth-order valence-electron chi connectivity index (χ4n) is 3.00. The number of rotatable bonds is 6. The standard InChI is InChI=1S/C18H27F3N4.HI/c1-3-14-4-6-15(7-5-14)8-10-23-17(22-2)24-16-9-11-25(12-16)13-18(19,20)21;/h4-7,16H,3,8-13H2,1-2H3,(H2,22,23,24);1H. The largest absolute Gasteiger partial charge is 0.401 e. The molecular weight excluding hydrogens is 456 g/mol. The van der Waals surface area contributed by atoms with Gasteiger partial charge in [-0.15, -0.1) is 24.0 Å². The van der Waals surface area contributed by atoms with E-state index in [9.17, 15) is 13.2 Å². The van der Waals surface area contributed by atoms with Crippen LogP contribution < -0.4 is 10.6 Å². The van der Waals surface area contributed by atoms with Crippen LogP contribution in [0.1, 0.15) is 24.5 Å². The number of halogens is 4. The summed E-state index contributed by atoms with van der Waals surface area (Å²) in [6.07, 6.45) is -1.55. The topological polar surface area (TPSA) is 39.7 Å². The average molecular weight is 484 g/mol. The molecule has 1 unspecified atom stereocenters. The summed E-state index contributed by atoms with van der Waals surface area (Å²) in [5, 5.41) is 6.45.